The molecule has 1 saturated heterocycles. The van der Waals surface area contributed by atoms with Crippen LogP contribution in [-0.2, 0) is 39.9 Å². The van der Waals surface area contributed by atoms with Crippen molar-refractivity contribution in [2.45, 2.75) is 117 Å². The van der Waals surface area contributed by atoms with Gasteiger partial charge in [0.05, 0.1) is 49.3 Å². The number of rotatable bonds is 23. The maximum Gasteiger partial charge on any atom is 0.245 e. The maximum atomic E-state index is 14.2. The molecule has 52 heavy (non-hydrogen) atoms. The molecule has 4 amide bonds. The van der Waals surface area contributed by atoms with Crippen molar-refractivity contribution in [3.05, 3.63) is 30.1 Å². The molecule has 1 aromatic rings. The Balaban J connectivity index is 2.20. The van der Waals surface area contributed by atoms with Crippen LogP contribution in [0.3, 0.4) is 0 Å². The Morgan fingerprint density at radius 2 is 1.63 bits per heavy atom. The standard InChI is InChI=1S/C38H67N7O7/c1-11-26(6)34(44(8)38(49)33(25(4)5)43-37(48)32(24(2)3)41-20-22-52-39)30(50-9)23-31(46)45-21-12-13-29(45)35(51-10)27(7)36(47)42-19-16-28-14-17-40-18-15-28/h14-15,17-18,24-27,29-30,32-35,41H,11-13,16,19-23,39H2,1-10H3,(H,42,47)(H,43,48)/t26-,27+,29-,30+,32-,33-,34-,35+/m0/s1. The minimum atomic E-state index is -0.797. The summed E-state index contributed by atoms with van der Waals surface area (Å²) in [5, 5.41) is 9.18. The Morgan fingerprint density at radius 3 is 2.19 bits per heavy atom. The molecule has 0 saturated carbocycles. The second kappa shape index (κ2) is 22.8. The molecule has 2 heterocycles. The van der Waals surface area contributed by atoms with Gasteiger partial charge in [0.15, 0.2) is 0 Å². The zero-order chi connectivity index (χ0) is 39.0. The van der Waals surface area contributed by atoms with Crippen molar-refractivity contribution in [3.63, 3.8) is 0 Å². The number of nitrogens with zero attached hydrogens (tertiary/aromatic N) is 3. The summed E-state index contributed by atoms with van der Waals surface area (Å²) >= 11 is 0. The van der Waals surface area contributed by atoms with E-state index in [1.54, 1.807) is 38.6 Å². The van der Waals surface area contributed by atoms with Gasteiger partial charge in [-0.05, 0) is 54.7 Å². The van der Waals surface area contributed by atoms with E-state index in [1.807, 2.05) is 65.5 Å². The third-order valence-electron chi connectivity index (χ3n) is 10.5. The predicted molar refractivity (Wildman–Crippen MR) is 201 cm³/mol. The van der Waals surface area contributed by atoms with Crippen molar-refractivity contribution in [2.24, 2.45) is 29.6 Å². The summed E-state index contributed by atoms with van der Waals surface area (Å²) in [6.07, 6.45) is 5.33. The Kier molecular flexibility index (Phi) is 19.7. The second-order valence-corrected chi connectivity index (χ2v) is 14.8. The number of likely N-dealkylation sites (tertiary alicyclic amines) is 1. The van der Waals surface area contributed by atoms with Gasteiger partial charge in [-0.15, -0.1) is 0 Å². The number of hydrogen-bond acceptors (Lipinski definition) is 10. The minimum absolute atomic E-state index is 0.0199. The molecular weight excluding hydrogens is 666 g/mol. The van der Waals surface area contributed by atoms with Crippen molar-refractivity contribution < 1.29 is 33.5 Å². The molecule has 1 aromatic heterocycles. The first kappa shape index (κ1) is 45.0. The molecule has 0 unspecified atom stereocenters. The Labute approximate surface area is 311 Å². The van der Waals surface area contributed by atoms with Crippen LogP contribution in [0.2, 0.25) is 0 Å². The maximum absolute atomic E-state index is 14.2. The number of carbonyl (C=O) groups excluding carboxylic acids is 4. The van der Waals surface area contributed by atoms with E-state index in [4.69, 9.17) is 15.4 Å². The van der Waals surface area contributed by atoms with Crippen LogP contribution in [0, 0.1) is 23.7 Å². The summed E-state index contributed by atoms with van der Waals surface area (Å²) in [5.74, 6) is 3.63. The van der Waals surface area contributed by atoms with E-state index in [0.717, 1.165) is 18.4 Å². The number of likely N-dealkylation sites (N-methyl/N-ethyl adjacent to an activating group) is 1. The SMILES string of the molecule is CC[C@H](C)[C@@H]([C@@H](CC(=O)N1CCC[C@H]1[C@H](OC)[C@@H](C)C(=O)NCCc1ccncc1)OC)N(C)C(=O)[C@@H](NC(=O)[C@@H](NCCON)C(C)C)C(C)C. The first-order chi connectivity index (χ1) is 24.7. The molecule has 0 bridgehead atoms. The van der Waals surface area contributed by atoms with E-state index in [0.29, 0.717) is 32.5 Å². The normalized spacial score (nSPS) is 18.7. The fraction of sp³-hybridized carbons (Fsp3) is 0.763. The number of ether oxygens (including phenoxy) is 2. The fourth-order valence-corrected chi connectivity index (χ4v) is 7.23. The van der Waals surface area contributed by atoms with Gasteiger partial charge in [-0.3, -0.25) is 24.2 Å². The van der Waals surface area contributed by atoms with Crippen molar-refractivity contribution in [1.82, 2.24) is 30.7 Å². The highest BCUT2D eigenvalue weighted by atomic mass is 16.6. The van der Waals surface area contributed by atoms with Crippen LogP contribution in [0.1, 0.15) is 79.7 Å². The highest BCUT2D eigenvalue weighted by molar-refractivity contribution is 5.90. The summed E-state index contributed by atoms with van der Waals surface area (Å²) in [6, 6.07) is 1.77. The molecule has 5 N–H and O–H groups in total. The summed E-state index contributed by atoms with van der Waals surface area (Å²) in [6.45, 7) is 15.2. The van der Waals surface area contributed by atoms with E-state index in [2.05, 4.69) is 25.8 Å². The zero-order valence-electron chi connectivity index (χ0n) is 33.2. The molecule has 1 aliphatic rings. The summed E-state index contributed by atoms with van der Waals surface area (Å²) < 4.78 is 11.9. The molecule has 14 heteroatoms. The van der Waals surface area contributed by atoms with Crippen LogP contribution >= 0.6 is 0 Å². The molecule has 14 nitrogen and oxygen atoms in total. The number of aromatic nitrogens is 1. The lowest BCUT2D eigenvalue weighted by Gasteiger charge is -2.41. The number of nitrogens with one attached hydrogen (secondary N) is 3. The van der Waals surface area contributed by atoms with Crippen LogP contribution in [0.4, 0.5) is 0 Å². The van der Waals surface area contributed by atoms with Gasteiger partial charge in [0, 0.05) is 53.3 Å². The van der Waals surface area contributed by atoms with E-state index < -0.39 is 36.3 Å². The number of methoxy groups -OCH3 is 2. The monoisotopic (exact) mass is 734 g/mol. The van der Waals surface area contributed by atoms with Gasteiger partial charge >= 0.3 is 0 Å². The molecule has 0 radical (unpaired) electrons. The number of hydrogen-bond donors (Lipinski definition) is 4. The molecule has 1 fully saturated rings. The average molecular weight is 734 g/mol. The molecule has 1 aliphatic heterocycles. The molecular formula is C38H67N7O7. The lowest BCUT2D eigenvalue weighted by atomic mass is 9.89. The molecule has 8 atom stereocenters. The molecule has 0 spiro atoms. The van der Waals surface area contributed by atoms with Gasteiger partial charge in [0.1, 0.15) is 6.04 Å². The highest BCUT2D eigenvalue weighted by Gasteiger charge is 2.43. The zero-order valence-corrected chi connectivity index (χ0v) is 33.2. The van der Waals surface area contributed by atoms with E-state index >= 15 is 0 Å². The molecule has 0 aliphatic carbocycles. The third kappa shape index (κ3) is 12.8. The fourth-order valence-electron chi connectivity index (χ4n) is 7.23. The highest BCUT2D eigenvalue weighted by Crippen LogP contribution is 2.29. The van der Waals surface area contributed by atoms with Crippen molar-refractivity contribution in [1.29, 1.82) is 0 Å². The van der Waals surface area contributed by atoms with Crippen LogP contribution < -0.4 is 21.8 Å². The number of nitrogens with two attached hydrogens (primary N) is 1. The van der Waals surface area contributed by atoms with Crippen molar-refractivity contribution in [2.75, 3.05) is 47.5 Å². The van der Waals surface area contributed by atoms with Crippen LogP contribution in [0.25, 0.3) is 0 Å². The first-order valence-corrected chi connectivity index (χ1v) is 18.9. The van der Waals surface area contributed by atoms with Crippen molar-refractivity contribution >= 4 is 23.6 Å². The second-order valence-electron chi connectivity index (χ2n) is 14.8. The minimum Gasteiger partial charge on any atom is -0.379 e. The quantitative estimate of drug-likeness (QED) is 0.0965. The van der Waals surface area contributed by atoms with E-state index in [9.17, 15) is 19.2 Å². The van der Waals surface area contributed by atoms with Crippen LogP contribution in [0.15, 0.2) is 24.5 Å². The summed E-state index contributed by atoms with van der Waals surface area (Å²) in [7, 11) is 4.87. The predicted octanol–water partition coefficient (Wildman–Crippen LogP) is 2.31. The molecule has 296 valence electrons. The number of pyridine rings is 1. The number of carbonyl (C=O) groups is 4. The Hall–Kier alpha value is -3.17. The van der Waals surface area contributed by atoms with Gasteiger partial charge in [-0.2, -0.15) is 0 Å². The summed E-state index contributed by atoms with van der Waals surface area (Å²) in [4.78, 5) is 67.2. The summed E-state index contributed by atoms with van der Waals surface area (Å²) in [5.41, 5.74) is 1.08. The number of amides is 4. The van der Waals surface area contributed by atoms with Gasteiger partial charge in [-0.25, -0.2) is 5.90 Å². The van der Waals surface area contributed by atoms with E-state index in [1.165, 1.54) is 0 Å². The molecule has 0 aromatic carbocycles. The van der Waals surface area contributed by atoms with Gasteiger partial charge in [0.25, 0.3) is 0 Å². The van der Waals surface area contributed by atoms with Crippen LogP contribution in [0.5, 0.6) is 0 Å². The van der Waals surface area contributed by atoms with E-state index in [-0.39, 0.29) is 60.5 Å². The smallest absolute Gasteiger partial charge is 0.245 e. The van der Waals surface area contributed by atoms with Gasteiger partial charge < -0.3 is 40.1 Å². The third-order valence-corrected chi connectivity index (χ3v) is 10.5. The Morgan fingerprint density at radius 1 is 0.981 bits per heavy atom. The topological polar surface area (TPSA) is 177 Å². The van der Waals surface area contributed by atoms with Gasteiger partial charge in [0.2, 0.25) is 23.6 Å². The lowest BCUT2D eigenvalue weighted by molar-refractivity contribution is -0.147. The first-order valence-electron chi connectivity index (χ1n) is 18.9. The van der Waals surface area contributed by atoms with Crippen LogP contribution in [-0.4, -0.2) is 122 Å². The lowest BCUT2D eigenvalue weighted by Crippen LogP contribution is -2.60. The largest absolute Gasteiger partial charge is 0.379 e. The Bertz CT molecular complexity index is 1240. The van der Waals surface area contributed by atoms with Gasteiger partial charge in [-0.1, -0.05) is 54.9 Å². The average Bonchev–Trinajstić information content (AvgIpc) is 3.61. The molecule has 2 rings (SSSR count). The van der Waals surface area contributed by atoms with Crippen molar-refractivity contribution in [3.8, 4) is 0 Å².